The molecule has 0 spiro atoms. The van der Waals surface area contributed by atoms with Gasteiger partial charge in [-0.05, 0) is 43.5 Å². The summed E-state index contributed by atoms with van der Waals surface area (Å²) < 4.78 is 0. The number of nitrogens with one attached hydrogen (secondary N) is 1. The maximum Gasteiger partial charge on any atom is 0.146 e. The van der Waals surface area contributed by atoms with E-state index < -0.39 is 0 Å². The lowest BCUT2D eigenvalue weighted by Gasteiger charge is -2.31. The second kappa shape index (κ2) is 7.30. The second-order valence-electron chi connectivity index (χ2n) is 7.12. The number of pyridine rings is 2. The van der Waals surface area contributed by atoms with E-state index in [9.17, 15) is 5.26 Å². The van der Waals surface area contributed by atoms with Crippen molar-refractivity contribution < 1.29 is 0 Å². The van der Waals surface area contributed by atoms with Crippen LogP contribution >= 0.6 is 0 Å². The molecular formula is C20H24N6. The van der Waals surface area contributed by atoms with Crippen LogP contribution in [0.15, 0.2) is 24.5 Å². The van der Waals surface area contributed by atoms with Crippen LogP contribution < -0.4 is 10.2 Å². The third kappa shape index (κ3) is 3.23. The average molecular weight is 348 g/mol. The highest BCUT2D eigenvalue weighted by atomic mass is 15.2. The van der Waals surface area contributed by atoms with Gasteiger partial charge in [0.1, 0.15) is 17.7 Å². The van der Waals surface area contributed by atoms with Gasteiger partial charge in [-0.2, -0.15) is 5.26 Å². The van der Waals surface area contributed by atoms with Crippen molar-refractivity contribution in [1.82, 2.24) is 14.9 Å². The van der Waals surface area contributed by atoms with Gasteiger partial charge in [0.05, 0.1) is 5.56 Å². The van der Waals surface area contributed by atoms with Gasteiger partial charge in [0.15, 0.2) is 0 Å². The Morgan fingerprint density at radius 1 is 1.23 bits per heavy atom. The van der Waals surface area contributed by atoms with E-state index in [1.807, 2.05) is 18.3 Å². The number of anilines is 2. The SMILES string of the molecule is CN1CCc2c(C#N)c(NCc3cccnc3)nc(N3CCCC3)c2C1. The number of rotatable bonds is 4. The summed E-state index contributed by atoms with van der Waals surface area (Å²) in [4.78, 5) is 13.8. The van der Waals surface area contributed by atoms with E-state index in [4.69, 9.17) is 4.98 Å². The summed E-state index contributed by atoms with van der Waals surface area (Å²) in [6.45, 7) is 4.57. The topological polar surface area (TPSA) is 68.1 Å². The third-order valence-corrected chi connectivity index (χ3v) is 5.26. The fourth-order valence-electron chi connectivity index (χ4n) is 3.88. The Labute approximate surface area is 154 Å². The zero-order chi connectivity index (χ0) is 17.9. The van der Waals surface area contributed by atoms with E-state index in [0.29, 0.717) is 17.9 Å². The number of aromatic nitrogens is 2. The predicted molar refractivity (Wildman–Crippen MR) is 102 cm³/mol. The van der Waals surface area contributed by atoms with E-state index in [-0.39, 0.29) is 0 Å². The van der Waals surface area contributed by atoms with Crippen LogP contribution in [0.2, 0.25) is 0 Å². The predicted octanol–water partition coefficient (Wildman–Crippen LogP) is 2.55. The van der Waals surface area contributed by atoms with Crippen LogP contribution in [0.3, 0.4) is 0 Å². The normalized spacial score (nSPS) is 17.0. The maximum absolute atomic E-state index is 9.82. The molecule has 26 heavy (non-hydrogen) atoms. The van der Waals surface area contributed by atoms with E-state index in [0.717, 1.165) is 44.0 Å². The molecule has 2 aromatic heterocycles. The Hall–Kier alpha value is -2.65. The molecule has 2 aliphatic rings. The molecule has 4 rings (SSSR count). The standard InChI is InChI=1S/C20H24N6/c1-25-10-6-16-17(11-21)19(23-13-15-5-4-7-22-12-15)24-20(18(16)14-25)26-8-2-3-9-26/h4-5,7,12H,2-3,6,8-10,13-14H2,1H3,(H,23,24). The van der Waals surface area contributed by atoms with Crippen LogP contribution in [0.25, 0.3) is 0 Å². The summed E-state index contributed by atoms with van der Waals surface area (Å²) in [6, 6.07) is 6.37. The van der Waals surface area contributed by atoms with Gasteiger partial charge in [0.2, 0.25) is 0 Å². The van der Waals surface area contributed by atoms with Gasteiger partial charge in [-0.1, -0.05) is 6.07 Å². The zero-order valence-electron chi connectivity index (χ0n) is 15.2. The number of nitriles is 1. The lowest BCUT2D eigenvalue weighted by Crippen LogP contribution is -2.31. The molecule has 134 valence electrons. The first-order chi connectivity index (χ1) is 12.8. The highest BCUT2D eigenvalue weighted by molar-refractivity contribution is 5.67. The van der Waals surface area contributed by atoms with Gasteiger partial charge in [-0.15, -0.1) is 0 Å². The first kappa shape index (κ1) is 16.8. The number of fused-ring (bicyclic) bond motifs is 1. The molecule has 1 N–H and O–H groups in total. The molecule has 1 saturated heterocycles. The molecule has 6 heteroatoms. The van der Waals surface area contributed by atoms with Gasteiger partial charge >= 0.3 is 0 Å². The summed E-state index contributed by atoms with van der Waals surface area (Å²) in [6.07, 6.45) is 6.94. The third-order valence-electron chi connectivity index (χ3n) is 5.26. The van der Waals surface area contributed by atoms with Crippen molar-refractivity contribution in [3.05, 3.63) is 46.8 Å². The summed E-state index contributed by atoms with van der Waals surface area (Å²) >= 11 is 0. The largest absolute Gasteiger partial charge is 0.365 e. The van der Waals surface area contributed by atoms with Crippen LogP contribution in [0.5, 0.6) is 0 Å². The van der Waals surface area contributed by atoms with Crippen molar-refractivity contribution in [3.63, 3.8) is 0 Å². The fraction of sp³-hybridized carbons (Fsp3) is 0.450. The van der Waals surface area contributed by atoms with Crippen molar-refractivity contribution in [3.8, 4) is 6.07 Å². The lowest BCUT2D eigenvalue weighted by molar-refractivity contribution is 0.312. The Kier molecular flexibility index (Phi) is 4.72. The van der Waals surface area contributed by atoms with Crippen LogP contribution in [0.1, 0.15) is 35.1 Å². The summed E-state index contributed by atoms with van der Waals surface area (Å²) in [5.74, 6) is 1.78. The molecule has 0 aliphatic carbocycles. The molecule has 0 amide bonds. The minimum absolute atomic E-state index is 0.619. The van der Waals surface area contributed by atoms with Gasteiger partial charge in [0, 0.05) is 50.7 Å². The monoisotopic (exact) mass is 348 g/mol. The first-order valence-electron chi connectivity index (χ1n) is 9.28. The fourth-order valence-corrected chi connectivity index (χ4v) is 3.88. The van der Waals surface area contributed by atoms with E-state index in [1.54, 1.807) is 6.20 Å². The van der Waals surface area contributed by atoms with E-state index >= 15 is 0 Å². The Bertz CT molecular complexity index is 820. The Balaban J connectivity index is 1.73. The quantitative estimate of drug-likeness (QED) is 0.916. The molecule has 0 atom stereocenters. The summed E-state index contributed by atoms with van der Waals surface area (Å²) in [5, 5.41) is 13.2. The number of nitrogens with zero attached hydrogens (tertiary/aromatic N) is 5. The highest BCUT2D eigenvalue weighted by Crippen LogP contribution is 2.34. The smallest absolute Gasteiger partial charge is 0.146 e. The van der Waals surface area contributed by atoms with Crippen LogP contribution in [0.4, 0.5) is 11.6 Å². The van der Waals surface area contributed by atoms with Crippen molar-refractivity contribution >= 4 is 11.6 Å². The Morgan fingerprint density at radius 3 is 2.81 bits per heavy atom. The van der Waals surface area contributed by atoms with Gasteiger partial charge in [-0.25, -0.2) is 4.98 Å². The second-order valence-corrected chi connectivity index (χ2v) is 7.12. The van der Waals surface area contributed by atoms with E-state index in [1.165, 1.54) is 24.0 Å². The number of likely N-dealkylation sites (N-methyl/N-ethyl adjacent to an activating group) is 1. The first-order valence-corrected chi connectivity index (χ1v) is 9.28. The molecule has 0 unspecified atom stereocenters. The average Bonchev–Trinajstić information content (AvgIpc) is 3.20. The highest BCUT2D eigenvalue weighted by Gasteiger charge is 2.27. The van der Waals surface area contributed by atoms with Crippen molar-refractivity contribution in [2.75, 3.05) is 36.9 Å². The van der Waals surface area contributed by atoms with Gasteiger partial charge < -0.3 is 15.1 Å². The molecule has 2 aromatic rings. The summed E-state index contributed by atoms with van der Waals surface area (Å²) in [5.41, 5.74) is 4.21. The minimum atomic E-state index is 0.619. The Morgan fingerprint density at radius 2 is 2.08 bits per heavy atom. The molecule has 0 bridgehead atoms. The molecule has 0 saturated carbocycles. The minimum Gasteiger partial charge on any atom is -0.365 e. The van der Waals surface area contributed by atoms with Crippen LogP contribution in [0, 0.1) is 11.3 Å². The van der Waals surface area contributed by atoms with E-state index in [2.05, 4.69) is 33.2 Å². The zero-order valence-corrected chi connectivity index (χ0v) is 15.2. The number of hydrogen-bond acceptors (Lipinski definition) is 6. The van der Waals surface area contributed by atoms with Crippen molar-refractivity contribution in [1.29, 1.82) is 5.26 Å². The molecule has 2 aliphatic heterocycles. The molecule has 6 nitrogen and oxygen atoms in total. The number of hydrogen-bond donors (Lipinski definition) is 1. The van der Waals surface area contributed by atoms with Crippen molar-refractivity contribution in [2.24, 2.45) is 0 Å². The molecule has 1 fully saturated rings. The molecular weight excluding hydrogens is 324 g/mol. The molecule has 4 heterocycles. The summed E-state index contributed by atoms with van der Waals surface area (Å²) in [7, 11) is 2.14. The van der Waals surface area contributed by atoms with Crippen LogP contribution in [-0.4, -0.2) is 41.5 Å². The van der Waals surface area contributed by atoms with Crippen molar-refractivity contribution in [2.45, 2.75) is 32.4 Å². The van der Waals surface area contributed by atoms with Crippen LogP contribution in [-0.2, 0) is 19.5 Å². The molecule has 0 radical (unpaired) electrons. The molecule has 0 aromatic carbocycles. The lowest BCUT2D eigenvalue weighted by atomic mass is 9.95. The van der Waals surface area contributed by atoms with Gasteiger partial charge in [-0.3, -0.25) is 4.98 Å². The maximum atomic E-state index is 9.82. The van der Waals surface area contributed by atoms with Gasteiger partial charge in [0.25, 0.3) is 0 Å².